The molecular weight excluding hydrogens is 167 g/mol. The summed E-state index contributed by atoms with van der Waals surface area (Å²) in [5, 5.41) is 1.21. The summed E-state index contributed by atoms with van der Waals surface area (Å²) in [6.45, 7) is 1.91. The summed E-state index contributed by atoms with van der Waals surface area (Å²) < 4.78 is 13.2. The fraction of sp³-hybridized carbons (Fsp3) is 0.100. The van der Waals surface area contributed by atoms with E-state index in [1.807, 2.05) is 13.0 Å². The number of benzene rings is 1. The molecule has 0 atom stereocenters. The van der Waals surface area contributed by atoms with Crippen molar-refractivity contribution in [2.24, 2.45) is 0 Å². The molecule has 66 valence electrons. The van der Waals surface area contributed by atoms with Crippen LogP contribution < -0.4 is 5.73 Å². The third-order valence-corrected chi connectivity index (χ3v) is 2.03. The summed E-state index contributed by atoms with van der Waals surface area (Å²) in [5.41, 5.74) is 6.61. The van der Waals surface area contributed by atoms with E-state index in [2.05, 4.69) is 4.98 Å². The van der Waals surface area contributed by atoms with Crippen LogP contribution in [0.4, 0.5) is 10.2 Å². The Morgan fingerprint density at radius 3 is 2.85 bits per heavy atom. The molecule has 0 aliphatic rings. The molecule has 3 heteroatoms. The molecule has 1 aromatic heterocycles. The molecule has 2 N–H and O–H groups in total. The van der Waals surface area contributed by atoms with Gasteiger partial charge in [0.2, 0.25) is 0 Å². The van der Waals surface area contributed by atoms with E-state index >= 15 is 0 Å². The summed E-state index contributed by atoms with van der Waals surface area (Å²) in [5.74, 6) is 0.0456. The van der Waals surface area contributed by atoms with E-state index in [-0.39, 0.29) is 5.82 Å². The van der Waals surface area contributed by atoms with Gasteiger partial charge in [0.05, 0.1) is 6.20 Å². The van der Waals surface area contributed by atoms with Crippen molar-refractivity contribution in [1.29, 1.82) is 0 Å². The number of fused-ring (bicyclic) bond motifs is 1. The van der Waals surface area contributed by atoms with E-state index in [9.17, 15) is 4.39 Å². The number of hydrogen-bond donors (Lipinski definition) is 1. The highest BCUT2D eigenvalue weighted by molar-refractivity contribution is 5.91. The molecule has 2 rings (SSSR count). The Balaban J connectivity index is 2.92. The van der Waals surface area contributed by atoms with Gasteiger partial charge in [-0.3, -0.25) is 0 Å². The van der Waals surface area contributed by atoms with Gasteiger partial charge in [0, 0.05) is 10.8 Å². The van der Waals surface area contributed by atoms with E-state index in [1.54, 1.807) is 12.1 Å². The highest BCUT2D eigenvalue weighted by Crippen LogP contribution is 2.22. The average molecular weight is 176 g/mol. The van der Waals surface area contributed by atoms with Gasteiger partial charge in [-0.25, -0.2) is 9.37 Å². The third-order valence-electron chi connectivity index (χ3n) is 2.03. The molecule has 0 aliphatic heterocycles. The summed E-state index contributed by atoms with van der Waals surface area (Å²) in [6, 6.07) is 5.44. The normalized spacial score (nSPS) is 10.6. The predicted molar refractivity (Wildman–Crippen MR) is 50.9 cm³/mol. The number of aryl methyl sites for hydroxylation is 1. The number of nitrogens with two attached hydrogens (primary N) is 1. The van der Waals surface area contributed by atoms with E-state index in [1.165, 1.54) is 0 Å². The quantitative estimate of drug-likeness (QED) is 0.668. The number of nitrogen functional groups attached to an aromatic ring is 1. The van der Waals surface area contributed by atoms with Gasteiger partial charge in [-0.15, -0.1) is 0 Å². The first-order valence-electron chi connectivity index (χ1n) is 3.99. The second-order valence-electron chi connectivity index (χ2n) is 3.04. The number of halogens is 1. The van der Waals surface area contributed by atoms with Crippen LogP contribution in [0.2, 0.25) is 0 Å². The molecule has 0 spiro atoms. The molecule has 0 fully saturated rings. The van der Waals surface area contributed by atoms with Crippen LogP contribution in [0.15, 0.2) is 24.4 Å². The van der Waals surface area contributed by atoms with Gasteiger partial charge >= 0.3 is 0 Å². The Morgan fingerprint density at radius 2 is 2.08 bits per heavy atom. The van der Waals surface area contributed by atoms with Crippen molar-refractivity contribution >= 4 is 16.6 Å². The van der Waals surface area contributed by atoms with Crippen molar-refractivity contribution in [3.63, 3.8) is 0 Å². The van der Waals surface area contributed by atoms with Crippen molar-refractivity contribution in [2.45, 2.75) is 6.92 Å². The second kappa shape index (κ2) is 2.69. The molecule has 0 saturated heterocycles. The maximum absolute atomic E-state index is 13.2. The van der Waals surface area contributed by atoms with E-state index < -0.39 is 0 Å². The van der Waals surface area contributed by atoms with Crippen molar-refractivity contribution in [3.05, 3.63) is 35.8 Å². The van der Waals surface area contributed by atoms with Crippen molar-refractivity contribution in [1.82, 2.24) is 4.98 Å². The summed E-state index contributed by atoms with van der Waals surface area (Å²) in [6.07, 6.45) is 1.15. The molecule has 2 aromatic rings. The molecule has 2 nitrogen and oxygen atoms in total. The molecule has 1 aromatic carbocycles. The van der Waals surface area contributed by atoms with Gasteiger partial charge in [-0.05, 0) is 13.0 Å². The van der Waals surface area contributed by atoms with Gasteiger partial charge in [-0.1, -0.05) is 17.7 Å². The minimum absolute atomic E-state index is 0.326. The molecule has 1 heterocycles. The first kappa shape index (κ1) is 7.98. The molecule has 0 bridgehead atoms. The lowest BCUT2D eigenvalue weighted by Gasteiger charge is -2.02. The van der Waals surface area contributed by atoms with Crippen LogP contribution in [0.25, 0.3) is 10.8 Å². The molecule has 0 aliphatic carbocycles. The van der Waals surface area contributed by atoms with Crippen LogP contribution in [-0.2, 0) is 0 Å². The molecule has 0 saturated carbocycles. The first-order chi connectivity index (χ1) is 6.18. The zero-order valence-electron chi connectivity index (χ0n) is 7.21. The van der Waals surface area contributed by atoms with Crippen LogP contribution >= 0.6 is 0 Å². The lowest BCUT2D eigenvalue weighted by atomic mass is 10.1. The molecule has 0 unspecified atom stereocenters. The smallest absolute Gasteiger partial charge is 0.149 e. The van der Waals surface area contributed by atoms with Crippen molar-refractivity contribution in [2.75, 3.05) is 5.73 Å². The zero-order chi connectivity index (χ0) is 9.42. The fourth-order valence-corrected chi connectivity index (χ4v) is 1.34. The summed E-state index contributed by atoms with van der Waals surface area (Å²) in [4.78, 5) is 3.74. The van der Waals surface area contributed by atoms with E-state index in [0.717, 1.165) is 11.8 Å². The SMILES string of the molecule is Cc1ccc2c(N)ncc(F)c2c1. The van der Waals surface area contributed by atoms with Crippen molar-refractivity contribution < 1.29 is 4.39 Å². The Bertz CT molecular complexity index is 466. The maximum atomic E-state index is 13.2. The highest BCUT2D eigenvalue weighted by Gasteiger charge is 2.04. The maximum Gasteiger partial charge on any atom is 0.149 e. The van der Waals surface area contributed by atoms with Crippen LogP contribution in [0.1, 0.15) is 5.56 Å². The average Bonchev–Trinajstić information content (AvgIpc) is 2.12. The number of rotatable bonds is 0. The number of anilines is 1. The van der Waals surface area contributed by atoms with Crippen LogP contribution in [0.5, 0.6) is 0 Å². The molecule has 0 amide bonds. The van der Waals surface area contributed by atoms with Crippen LogP contribution in [0.3, 0.4) is 0 Å². The fourth-order valence-electron chi connectivity index (χ4n) is 1.34. The molecule has 13 heavy (non-hydrogen) atoms. The topological polar surface area (TPSA) is 38.9 Å². The lowest BCUT2D eigenvalue weighted by molar-refractivity contribution is 0.634. The minimum atomic E-state index is -0.326. The standard InChI is InChI=1S/C10H9FN2/c1-6-2-3-7-8(4-6)9(11)5-13-10(7)12/h2-5H,1H3,(H2,12,13). The molecular formula is C10H9FN2. The lowest BCUT2D eigenvalue weighted by Crippen LogP contribution is -1.93. The minimum Gasteiger partial charge on any atom is -0.383 e. The zero-order valence-corrected chi connectivity index (χ0v) is 7.21. The number of nitrogens with zero attached hydrogens (tertiary/aromatic N) is 1. The first-order valence-corrected chi connectivity index (χ1v) is 3.99. The van der Waals surface area contributed by atoms with Crippen molar-refractivity contribution in [3.8, 4) is 0 Å². The predicted octanol–water partition coefficient (Wildman–Crippen LogP) is 2.26. The van der Waals surface area contributed by atoms with Gasteiger partial charge in [0.15, 0.2) is 0 Å². The number of hydrogen-bond acceptors (Lipinski definition) is 2. The Kier molecular flexibility index (Phi) is 1.65. The van der Waals surface area contributed by atoms with Gasteiger partial charge < -0.3 is 5.73 Å². The van der Waals surface area contributed by atoms with Gasteiger partial charge in [-0.2, -0.15) is 0 Å². The summed E-state index contributed by atoms with van der Waals surface area (Å²) in [7, 11) is 0. The van der Waals surface area contributed by atoms with Crippen LogP contribution in [-0.4, -0.2) is 4.98 Å². The number of pyridine rings is 1. The summed E-state index contributed by atoms with van der Waals surface area (Å²) >= 11 is 0. The second-order valence-corrected chi connectivity index (χ2v) is 3.04. The Morgan fingerprint density at radius 1 is 1.31 bits per heavy atom. The Hall–Kier alpha value is -1.64. The van der Waals surface area contributed by atoms with E-state index in [0.29, 0.717) is 16.6 Å². The third kappa shape index (κ3) is 1.22. The Labute approximate surface area is 75.2 Å². The molecule has 0 radical (unpaired) electrons. The van der Waals surface area contributed by atoms with Crippen LogP contribution in [0, 0.1) is 12.7 Å². The largest absolute Gasteiger partial charge is 0.383 e. The number of aromatic nitrogens is 1. The highest BCUT2D eigenvalue weighted by atomic mass is 19.1. The van der Waals surface area contributed by atoms with E-state index in [4.69, 9.17) is 5.73 Å². The van der Waals surface area contributed by atoms with Gasteiger partial charge in [0.25, 0.3) is 0 Å². The monoisotopic (exact) mass is 176 g/mol. The van der Waals surface area contributed by atoms with Gasteiger partial charge in [0.1, 0.15) is 11.6 Å².